The van der Waals surface area contributed by atoms with Crippen molar-refractivity contribution in [1.82, 2.24) is 10.3 Å². The van der Waals surface area contributed by atoms with Crippen LogP contribution in [0.3, 0.4) is 0 Å². The molecule has 0 fully saturated rings. The van der Waals surface area contributed by atoms with E-state index in [2.05, 4.69) is 47.7 Å². The quantitative estimate of drug-likeness (QED) is 0.621. The molecule has 23 heavy (non-hydrogen) atoms. The van der Waals surface area contributed by atoms with Crippen molar-refractivity contribution in [1.29, 1.82) is 0 Å². The highest BCUT2D eigenvalue weighted by molar-refractivity contribution is 5.95. The number of hydrogen-bond acceptors (Lipinski definition) is 2. The molecule has 1 aromatic carbocycles. The molecule has 1 amide bonds. The second-order valence-electron chi connectivity index (χ2n) is 5.42. The van der Waals surface area contributed by atoms with Crippen LogP contribution in [0.1, 0.15) is 33.6 Å². The van der Waals surface area contributed by atoms with Crippen molar-refractivity contribution in [2.45, 2.75) is 19.8 Å². The number of allylic oxidation sites excluding steroid dienone is 2. The molecule has 0 saturated heterocycles. The molecule has 0 unspecified atom stereocenters. The first-order valence-corrected chi connectivity index (χ1v) is 7.72. The van der Waals surface area contributed by atoms with Crippen LogP contribution in [0.25, 0.3) is 5.57 Å². The highest BCUT2D eigenvalue weighted by Gasteiger charge is 2.07. The first-order chi connectivity index (χ1) is 11.1. The number of carbonyl (C=O) groups excluding carboxylic acids is 1. The average molecular weight is 306 g/mol. The fourth-order valence-corrected chi connectivity index (χ4v) is 2.32. The molecule has 3 nitrogen and oxygen atoms in total. The van der Waals surface area contributed by atoms with Gasteiger partial charge in [-0.3, -0.25) is 9.78 Å². The lowest BCUT2D eigenvalue weighted by molar-refractivity contribution is 0.0952. The van der Waals surface area contributed by atoms with Gasteiger partial charge < -0.3 is 5.32 Å². The highest BCUT2D eigenvalue weighted by atomic mass is 16.1. The first-order valence-electron chi connectivity index (χ1n) is 7.72. The molecule has 0 atom stereocenters. The fraction of sp³-hybridized carbons (Fsp3) is 0.200. The van der Waals surface area contributed by atoms with Gasteiger partial charge in [0.15, 0.2) is 0 Å². The predicted molar refractivity (Wildman–Crippen MR) is 95.3 cm³/mol. The van der Waals surface area contributed by atoms with Crippen molar-refractivity contribution in [2.24, 2.45) is 0 Å². The molecule has 1 aromatic heterocycles. The Balaban J connectivity index is 1.79. The summed E-state index contributed by atoms with van der Waals surface area (Å²) in [6.45, 7) is 10.1. The van der Waals surface area contributed by atoms with Gasteiger partial charge >= 0.3 is 0 Å². The minimum Gasteiger partial charge on any atom is -0.352 e. The maximum Gasteiger partial charge on any atom is 0.253 e. The van der Waals surface area contributed by atoms with Crippen LogP contribution in [0.5, 0.6) is 0 Å². The fourth-order valence-electron chi connectivity index (χ4n) is 2.32. The number of nitrogens with zero attached hydrogens (tertiary/aromatic N) is 1. The Hall–Kier alpha value is -2.68. The van der Waals surface area contributed by atoms with E-state index >= 15 is 0 Å². The molecule has 3 heteroatoms. The number of hydrogen-bond donors (Lipinski definition) is 1. The van der Waals surface area contributed by atoms with Crippen LogP contribution in [-0.2, 0) is 6.42 Å². The summed E-state index contributed by atoms with van der Waals surface area (Å²) in [6, 6.07) is 11.9. The van der Waals surface area contributed by atoms with E-state index in [0.29, 0.717) is 12.1 Å². The molecular formula is C20H22N2O. The predicted octanol–water partition coefficient (Wildman–Crippen LogP) is 3.95. The molecule has 0 saturated carbocycles. The summed E-state index contributed by atoms with van der Waals surface area (Å²) in [5.74, 6) is -0.0618. The van der Waals surface area contributed by atoms with Gasteiger partial charge in [0.25, 0.3) is 5.91 Å². The molecule has 1 heterocycles. The molecule has 0 aliphatic rings. The lowest BCUT2D eigenvalue weighted by Gasteiger charge is -2.07. The third-order valence-electron chi connectivity index (χ3n) is 3.75. The SMILES string of the molecule is C=CC(=C)c1ccc(CCCNC(=O)c2cccnc2C)cc1. The zero-order valence-electron chi connectivity index (χ0n) is 13.5. The van der Waals surface area contributed by atoms with E-state index in [0.717, 1.165) is 29.7 Å². The smallest absolute Gasteiger partial charge is 0.253 e. The van der Waals surface area contributed by atoms with Gasteiger partial charge in [-0.05, 0) is 48.6 Å². The number of amides is 1. The summed E-state index contributed by atoms with van der Waals surface area (Å²) in [7, 11) is 0. The molecule has 0 aliphatic heterocycles. The lowest BCUT2D eigenvalue weighted by atomic mass is 10.0. The Bertz CT molecular complexity index is 702. The van der Waals surface area contributed by atoms with E-state index in [4.69, 9.17) is 0 Å². The van der Waals surface area contributed by atoms with Crippen LogP contribution < -0.4 is 5.32 Å². The summed E-state index contributed by atoms with van der Waals surface area (Å²) < 4.78 is 0. The minimum atomic E-state index is -0.0618. The average Bonchev–Trinajstić information content (AvgIpc) is 2.58. The zero-order valence-corrected chi connectivity index (χ0v) is 13.5. The monoisotopic (exact) mass is 306 g/mol. The van der Waals surface area contributed by atoms with E-state index in [1.807, 2.05) is 6.92 Å². The van der Waals surface area contributed by atoms with Gasteiger partial charge in [-0.1, -0.05) is 43.5 Å². The van der Waals surface area contributed by atoms with Gasteiger partial charge in [0.1, 0.15) is 0 Å². The molecule has 118 valence electrons. The maximum absolute atomic E-state index is 12.1. The van der Waals surface area contributed by atoms with Crippen molar-refractivity contribution >= 4 is 11.5 Å². The number of aryl methyl sites for hydroxylation is 2. The third kappa shape index (κ3) is 4.65. The van der Waals surface area contributed by atoms with Crippen LogP contribution >= 0.6 is 0 Å². The lowest BCUT2D eigenvalue weighted by Crippen LogP contribution is -2.25. The Kier molecular flexibility index (Phi) is 5.87. The van der Waals surface area contributed by atoms with Gasteiger partial charge in [-0.25, -0.2) is 0 Å². The highest BCUT2D eigenvalue weighted by Crippen LogP contribution is 2.14. The van der Waals surface area contributed by atoms with E-state index in [9.17, 15) is 4.79 Å². The normalized spacial score (nSPS) is 10.1. The number of pyridine rings is 1. The largest absolute Gasteiger partial charge is 0.352 e. The molecule has 0 bridgehead atoms. The summed E-state index contributed by atoms with van der Waals surface area (Å²) in [4.78, 5) is 16.2. The standard InChI is InChI=1S/C20H22N2O/c1-4-15(2)18-11-9-17(10-12-18)7-5-14-22-20(23)19-8-6-13-21-16(19)3/h4,6,8-13H,1-2,5,7,14H2,3H3,(H,22,23). The van der Waals surface area contributed by atoms with E-state index in [1.54, 1.807) is 24.4 Å². The van der Waals surface area contributed by atoms with Crippen molar-refractivity contribution in [2.75, 3.05) is 6.54 Å². The van der Waals surface area contributed by atoms with E-state index < -0.39 is 0 Å². The summed E-state index contributed by atoms with van der Waals surface area (Å²) >= 11 is 0. The van der Waals surface area contributed by atoms with Gasteiger partial charge in [0, 0.05) is 18.4 Å². The molecule has 2 rings (SSSR count). The molecule has 1 N–H and O–H groups in total. The van der Waals surface area contributed by atoms with Crippen LogP contribution in [0, 0.1) is 6.92 Å². The van der Waals surface area contributed by atoms with Crippen molar-refractivity contribution in [3.63, 3.8) is 0 Å². The molecule has 0 radical (unpaired) electrons. The Morgan fingerprint density at radius 2 is 2.00 bits per heavy atom. The number of aromatic nitrogens is 1. The zero-order chi connectivity index (χ0) is 16.7. The van der Waals surface area contributed by atoms with E-state index in [1.165, 1.54) is 5.56 Å². The minimum absolute atomic E-state index is 0.0618. The van der Waals surface area contributed by atoms with Gasteiger partial charge in [0.05, 0.1) is 5.56 Å². The summed E-state index contributed by atoms with van der Waals surface area (Å²) in [6.07, 6.45) is 5.27. The summed E-state index contributed by atoms with van der Waals surface area (Å²) in [5.41, 5.74) is 4.65. The number of rotatable bonds is 7. The van der Waals surface area contributed by atoms with Crippen molar-refractivity contribution < 1.29 is 4.79 Å². The molecule has 0 spiro atoms. The molecule has 0 aliphatic carbocycles. The van der Waals surface area contributed by atoms with Crippen molar-refractivity contribution in [3.8, 4) is 0 Å². The second kappa shape index (κ2) is 8.08. The van der Waals surface area contributed by atoms with Crippen LogP contribution in [0.2, 0.25) is 0 Å². The van der Waals surface area contributed by atoms with Crippen LogP contribution in [-0.4, -0.2) is 17.4 Å². The first kappa shape index (κ1) is 16.7. The second-order valence-corrected chi connectivity index (χ2v) is 5.42. The Labute approximate surface area is 137 Å². The number of benzene rings is 1. The maximum atomic E-state index is 12.1. The van der Waals surface area contributed by atoms with Gasteiger partial charge in [-0.15, -0.1) is 0 Å². The Morgan fingerprint density at radius 1 is 1.26 bits per heavy atom. The number of nitrogens with one attached hydrogen (secondary N) is 1. The molecule has 2 aromatic rings. The molecular weight excluding hydrogens is 284 g/mol. The van der Waals surface area contributed by atoms with E-state index in [-0.39, 0.29) is 5.91 Å². The third-order valence-corrected chi connectivity index (χ3v) is 3.75. The van der Waals surface area contributed by atoms with Crippen LogP contribution in [0.4, 0.5) is 0 Å². The van der Waals surface area contributed by atoms with Gasteiger partial charge in [0.2, 0.25) is 0 Å². The summed E-state index contributed by atoms with van der Waals surface area (Å²) in [5, 5.41) is 2.94. The van der Waals surface area contributed by atoms with Gasteiger partial charge in [-0.2, -0.15) is 0 Å². The number of carbonyl (C=O) groups is 1. The topological polar surface area (TPSA) is 42.0 Å². The van der Waals surface area contributed by atoms with Crippen LogP contribution in [0.15, 0.2) is 61.8 Å². The Morgan fingerprint density at radius 3 is 2.65 bits per heavy atom. The van der Waals surface area contributed by atoms with Crippen molar-refractivity contribution in [3.05, 3.63) is 84.2 Å².